The predicted octanol–water partition coefficient (Wildman–Crippen LogP) is 6.71. The van der Waals surface area contributed by atoms with Gasteiger partial charge in [-0.25, -0.2) is 8.42 Å². The van der Waals surface area contributed by atoms with Crippen LogP contribution in [-0.2, 0) is 32.6 Å². The number of halogens is 2. The number of sulfonamides is 1. The Kier molecular flexibility index (Phi) is 12.9. The van der Waals surface area contributed by atoms with Crippen molar-refractivity contribution in [2.45, 2.75) is 65.5 Å². The largest absolute Gasteiger partial charge is 0.354 e. The van der Waals surface area contributed by atoms with Gasteiger partial charge >= 0.3 is 0 Å². The number of carbonyl (C=O) groups excluding carboxylic acids is 2. The highest BCUT2D eigenvalue weighted by molar-refractivity contribution is 7.92. The standard InChI is InChI=1S/C33H41Cl2N3O4S/c1-5-6-20-36-33(40)31(22-26-14-8-7-9-15-26)37(23-27-28(34)16-11-17-29(27)35)32(39)19-12-21-38(43(4,41)42)30-18-10-13-24(2)25(30)3/h7-11,13-18,31H,5-6,12,19-23H2,1-4H3,(H,36,40)/t31-/m0/s1. The third-order valence-corrected chi connectivity index (χ3v) is 9.38. The Balaban J connectivity index is 1.93. The number of aryl methyl sites for hydroxylation is 1. The van der Waals surface area contributed by atoms with Crippen LogP contribution in [-0.4, -0.2) is 50.5 Å². The zero-order chi connectivity index (χ0) is 31.6. The van der Waals surface area contributed by atoms with Gasteiger partial charge in [-0.1, -0.05) is 85.1 Å². The maximum Gasteiger partial charge on any atom is 0.243 e. The zero-order valence-corrected chi connectivity index (χ0v) is 27.6. The molecule has 1 atom stereocenters. The summed E-state index contributed by atoms with van der Waals surface area (Å²) in [5.74, 6) is -0.557. The number of nitrogens with one attached hydrogen (secondary N) is 1. The molecule has 3 aromatic carbocycles. The molecule has 7 nitrogen and oxygen atoms in total. The normalized spacial score (nSPS) is 12.0. The number of nitrogens with zero attached hydrogens (tertiary/aromatic N) is 2. The molecule has 0 radical (unpaired) electrons. The van der Waals surface area contributed by atoms with E-state index in [2.05, 4.69) is 5.32 Å². The van der Waals surface area contributed by atoms with Crippen LogP contribution in [0.5, 0.6) is 0 Å². The van der Waals surface area contributed by atoms with E-state index in [1.54, 1.807) is 24.3 Å². The summed E-state index contributed by atoms with van der Waals surface area (Å²) in [5, 5.41) is 3.79. The van der Waals surface area contributed by atoms with Crippen molar-refractivity contribution in [2.75, 3.05) is 23.7 Å². The van der Waals surface area contributed by atoms with Crippen LogP contribution in [0, 0.1) is 13.8 Å². The lowest BCUT2D eigenvalue weighted by Crippen LogP contribution is -2.50. The van der Waals surface area contributed by atoms with E-state index in [1.165, 1.54) is 15.5 Å². The Bertz CT molecular complexity index is 1480. The summed E-state index contributed by atoms with van der Waals surface area (Å²) >= 11 is 13.0. The summed E-state index contributed by atoms with van der Waals surface area (Å²) in [6, 6.07) is 19.4. The minimum absolute atomic E-state index is 0.0203. The molecule has 0 spiro atoms. The van der Waals surface area contributed by atoms with Crippen molar-refractivity contribution in [2.24, 2.45) is 0 Å². The first-order valence-electron chi connectivity index (χ1n) is 14.5. The van der Waals surface area contributed by atoms with Crippen LogP contribution < -0.4 is 9.62 Å². The fourth-order valence-corrected chi connectivity index (χ4v) is 6.43. The molecule has 0 aliphatic heterocycles. The maximum absolute atomic E-state index is 14.0. The minimum atomic E-state index is -3.61. The van der Waals surface area contributed by atoms with E-state index in [1.807, 2.05) is 63.2 Å². The molecule has 0 saturated heterocycles. The van der Waals surface area contributed by atoms with E-state index in [4.69, 9.17) is 23.2 Å². The van der Waals surface area contributed by atoms with E-state index in [0.717, 1.165) is 29.5 Å². The molecule has 0 fully saturated rings. The van der Waals surface area contributed by atoms with Gasteiger partial charge in [-0.15, -0.1) is 0 Å². The number of hydrogen-bond acceptors (Lipinski definition) is 4. The van der Waals surface area contributed by atoms with E-state index in [-0.39, 0.29) is 37.7 Å². The molecular weight excluding hydrogens is 605 g/mol. The topological polar surface area (TPSA) is 86.8 Å². The molecule has 0 aliphatic carbocycles. The van der Waals surface area contributed by atoms with Gasteiger partial charge in [0.25, 0.3) is 0 Å². The Morgan fingerprint density at radius 1 is 0.907 bits per heavy atom. The Morgan fingerprint density at radius 2 is 1.56 bits per heavy atom. The van der Waals surface area contributed by atoms with E-state index in [0.29, 0.717) is 34.3 Å². The second-order valence-electron chi connectivity index (χ2n) is 10.7. The van der Waals surface area contributed by atoms with Gasteiger partial charge in [-0.3, -0.25) is 13.9 Å². The molecule has 0 saturated carbocycles. The monoisotopic (exact) mass is 645 g/mol. The highest BCUT2D eigenvalue weighted by Crippen LogP contribution is 2.29. The van der Waals surface area contributed by atoms with Gasteiger partial charge in [0.05, 0.1) is 11.9 Å². The highest BCUT2D eigenvalue weighted by Gasteiger charge is 2.31. The van der Waals surface area contributed by atoms with Gasteiger partial charge in [0, 0.05) is 48.1 Å². The van der Waals surface area contributed by atoms with Crippen LogP contribution in [0.4, 0.5) is 5.69 Å². The summed E-state index contributed by atoms with van der Waals surface area (Å²) in [5.41, 5.74) is 3.88. The fraction of sp³-hybridized carbons (Fsp3) is 0.394. The molecule has 0 aliphatic rings. The average molecular weight is 647 g/mol. The summed E-state index contributed by atoms with van der Waals surface area (Å²) < 4.78 is 26.9. The molecular formula is C33H41Cl2N3O4S. The molecule has 1 N–H and O–H groups in total. The number of unbranched alkanes of at least 4 members (excludes halogenated alkanes) is 1. The van der Waals surface area contributed by atoms with Gasteiger partial charge in [0.15, 0.2) is 0 Å². The zero-order valence-electron chi connectivity index (χ0n) is 25.3. The van der Waals surface area contributed by atoms with E-state index < -0.39 is 16.1 Å². The molecule has 232 valence electrons. The molecule has 0 unspecified atom stereocenters. The second-order valence-corrected chi connectivity index (χ2v) is 13.5. The molecule has 0 bridgehead atoms. The first-order chi connectivity index (χ1) is 20.4. The number of anilines is 1. The summed E-state index contributed by atoms with van der Waals surface area (Å²) in [6.45, 7) is 6.49. The number of benzene rings is 3. The van der Waals surface area contributed by atoms with Crippen molar-refractivity contribution in [1.82, 2.24) is 10.2 Å². The third kappa shape index (κ3) is 9.71. The molecule has 3 rings (SSSR count). The van der Waals surface area contributed by atoms with E-state index in [9.17, 15) is 18.0 Å². The SMILES string of the molecule is CCCCNC(=O)[C@H](Cc1ccccc1)N(Cc1c(Cl)cccc1Cl)C(=O)CCCN(c1cccc(C)c1C)S(C)(=O)=O. The maximum atomic E-state index is 14.0. The molecule has 43 heavy (non-hydrogen) atoms. The van der Waals surface area contributed by atoms with Crippen molar-refractivity contribution in [3.8, 4) is 0 Å². The third-order valence-electron chi connectivity index (χ3n) is 7.49. The van der Waals surface area contributed by atoms with Gasteiger partial charge in [0.2, 0.25) is 21.8 Å². The smallest absolute Gasteiger partial charge is 0.243 e. The average Bonchev–Trinajstić information content (AvgIpc) is 2.96. The fourth-order valence-electron chi connectivity index (χ4n) is 4.90. The molecule has 2 amide bonds. The Morgan fingerprint density at radius 3 is 2.19 bits per heavy atom. The molecule has 3 aromatic rings. The van der Waals surface area contributed by atoms with Gasteiger partial charge in [-0.05, 0) is 61.6 Å². The van der Waals surface area contributed by atoms with Crippen LogP contribution >= 0.6 is 23.2 Å². The predicted molar refractivity (Wildman–Crippen MR) is 176 cm³/mol. The lowest BCUT2D eigenvalue weighted by molar-refractivity contribution is -0.141. The number of carbonyl (C=O) groups is 2. The van der Waals surface area contributed by atoms with Crippen molar-refractivity contribution in [3.05, 3.63) is 99.0 Å². The minimum Gasteiger partial charge on any atom is -0.354 e. The molecule has 0 heterocycles. The van der Waals surface area contributed by atoms with Gasteiger partial charge in [0.1, 0.15) is 6.04 Å². The van der Waals surface area contributed by atoms with Crippen molar-refractivity contribution in [1.29, 1.82) is 0 Å². The van der Waals surface area contributed by atoms with Crippen LogP contribution in [0.3, 0.4) is 0 Å². The van der Waals surface area contributed by atoms with Gasteiger partial charge in [-0.2, -0.15) is 0 Å². The molecule has 0 aromatic heterocycles. The van der Waals surface area contributed by atoms with Crippen molar-refractivity contribution >= 4 is 50.7 Å². The lowest BCUT2D eigenvalue weighted by atomic mass is 10.0. The number of rotatable bonds is 15. The summed E-state index contributed by atoms with van der Waals surface area (Å²) in [4.78, 5) is 29.2. The highest BCUT2D eigenvalue weighted by atomic mass is 35.5. The van der Waals surface area contributed by atoms with Crippen molar-refractivity contribution < 1.29 is 18.0 Å². The summed E-state index contributed by atoms with van der Waals surface area (Å²) in [6.07, 6.45) is 3.46. The second kappa shape index (κ2) is 16.1. The Labute approximate surface area is 266 Å². The molecule has 10 heteroatoms. The quantitative estimate of drug-likeness (QED) is 0.186. The van der Waals surface area contributed by atoms with Crippen LogP contribution in [0.2, 0.25) is 10.0 Å². The van der Waals surface area contributed by atoms with Crippen LogP contribution in [0.1, 0.15) is 54.9 Å². The van der Waals surface area contributed by atoms with Crippen LogP contribution in [0.15, 0.2) is 66.7 Å². The first kappa shape index (κ1) is 34.4. The summed E-state index contributed by atoms with van der Waals surface area (Å²) in [7, 11) is -3.61. The Hall–Kier alpha value is -3.07. The lowest BCUT2D eigenvalue weighted by Gasteiger charge is -2.32. The van der Waals surface area contributed by atoms with E-state index >= 15 is 0 Å². The number of hydrogen-bond donors (Lipinski definition) is 1. The van der Waals surface area contributed by atoms with Gasteiger partial charge < -0.3 is 10.2 Å². The van der Waals surface area contributed by atoms with Crippen molar-refractivity contribution in [3.63, 3.8) is 0 Å². The van der Waals surface area contributed by atoms with Crippen LogP contribution in [0.25, 0.3) is 0 Å². The first-order valence-corrected chi connectivity index (χ1v) is 17.1. The number of amides is 2.